The monoisotopic (exact) mass is 404 g/mol. The second kappa shape index (κ2) is 10.2. The molecule has 2 rings (SSSR count). The molecule has 1 aromatic heterocycles. The van der Waals surface area contributed by atoms with Crippen LogP contribution < -0.4 is 21.9 Å². The van der Waals surface area contributed by atoms with E-state index in [-0.39, 0.29) is 23.2 Å². The third-order valence-electron chi connectivity index (χ3n) is 4.58. The molecular formula is C20H28N4O3S. The number of aromatic amines is 1. The molecule has 0 saturated carbocycles. The van der Waals surface area contributed by atoms with Crippen LogP contribution in [-0.4, -0.2) is 27.8 Å². The maximum Gasteiger partial charge on any atom is 0.330 e. The van der Waals surface area contributed by atoms with E-state index in [1.807, 2.05) is 38.1 Å². The summed E-state index contributed by atoms with van der Waals surface area (Å²) in [5, 5.41) is 0. The Morgan fingerprint density at radius 1 is 1.25 bits per heavy atom. The number of H-pyrrole nitrogens is 1. The Balaban J connectivity index is 2.19. The highest BCUT2D eigenvalue weighted by molar-refractivity contribution is 7.99. The van der Waals surface area contributed by atoms with Gasteiger partial charge in [-0.25, -0.2) is 4.79 Å². The number of aromatic nitrogens is 2. The zero-order valence-electron chi connectivity index (χ0n) is 16.7. The average molecular weight is 405 g/mol. The van der Waals surface area contributed by atoms with Crippen molar-refractivity contribution in [3.05, 3.63) is 56.2 Å². The number of aryl methyl sites for hydroxylation is 1. The minimum absolute atomic E-state index is 0.0429. The summed E-state index contributed by atoms with van der Waals surface area (Å²) in [6.45, 7) is 6.52. The van der Waals surface area contributed by atoms with E-state index in [1.165, 1.54) is 32.4 Å². The second-order valence-corrected chi connectivity index (χ2v) is 7.54. The molecule has 1 amide bonds. The van der Waals surface area contributed by atoms with Gasteiger partial charge in [0.25, 0.3) is 5.56 Å². The fourth-order valence-electron chi connectivity index (χ4n) is 2.93. The van der Waals surface area contributed by atoms with Gasteiger partial charge in [0.15, 0.2) is 5.69 Å². The molecule has 1 aromatic carbocycles. The van der Waals surface area contributed by atoms with Crippen molar-refractivity contribution in [2.24, 2.45) is 0 Å². The first-order chi connectivity index (χ1) is 13.4. The SMILES string of the molecule is CCCCn1c(N)c(N(CC)C(=O)CSCc2ccccc2C)c(=O)[nH]c1=O. The fraction of sp³-hybridized carbons (Fsp3) is 0.450. The summed E-state index contributed by atoms with van der Waals surface area (Å²) in [7, 11) is 0. The Kier molecular flexibility index (Phi) is 7.92. The van der Waals surface area contributed by atoms with E-state index in [1.54, 1.807) is 6.92 Å². The van der Waals surface area contributed by atoms with Gasteiger partial charge in [0.05, 0.1) is 5.75 Å². The van der Waals surface area contributed by atoms with E-state index in [9.17, 15) is 14.4 Å². The summed E-state index contributed by atoms with van der Waals surface area (Å²) in [5.41, 5.74) is 7.36. The van der Waals surface area contributed by atoms with Gasteiger partial charge in [-0.3, -0.25) is 19.1 Å². The highest BCUT2D eigenvalue weighted by Gasteiger charge is 2.22. The molecule has 28 heavy (non-hydrogen) atoms. The highest BCUT2D eigenvalue weighted by atomic mass is 32.2. The molecule has 3 N–H and O–H groups in total. The van der Waals surface area contributed by atoms with E-state index < -0.39 is 11.2 Å². The average Bonchev–Trinajstić information content (AvgIpc) is 2.66. The van der Waals surface area contributed by atoms with Crippen LogP contribution in [-0.2, 0) is 17.1 Å². The van der Waals surface area contributed by atoms with Crippen molar-refractivity contribution in [1.82, 2.24) is 9.55 Å². The number of nitrogen functional groups attached to an aromatic ring is 1. The summed E-state index contributed by atoms with van der Waals surface area (Å²) < 4.78 is 1.33. The van der Waals surface area contributed by atoms with Crippen molar-refractivity contribution in [2.45, 2.75) is 45.9 Å². The molecule has 0 aliphatic heterocycles. The molecule has 0 unspecified atom stereocenters. The number of hydrogen-bond donors (Lipinski definition) is 2. The normalized spacial score (nSPS) is 10.8. The second-order valence-electron chi connectivity index (χ2n) is 6.56. The van der Waals surface area contributed by atoms with Crippen molar-refractivity contribution < 1.29 is 4.79 Å². The Labute approximate surface area is 168 Å². The van der Waals surface area contributed by atoms with Gasteiger partial charge in [-0.15, -0.1) is 11.8 Å². The lowest BCUT2D eigenvalue weighted by Gasteiger charge is -2.23. The minimum atomic E-state index is -0.630. The Hall–Kier alpha value is -2.48. The molecule has 152 valence electrons. The maximum absolute atomic E-state index is 12.8. The van der Waals surface area contributed by atoms with Gasteiger partial charge in [0, 0.05) is 18.8 Å². The number of rotatable bonds is 9. The van der Waals surface area contributed by atoms with Gasteiger partial charge in [0.1, 0.15) is 5.82 Å². The zero-order valence-corrected chi connectivity index (χ0v) is 17.5. The van der Waals surface area contributed by atoms with Crippen molar-refractivity contribution >= 4 is 29.2 Å². The third-order valence-corrected chi connectivity index (χ3v) is 5.55. The first kappa shape index (κ1) is 21.8. The van der Waals surface area contributed by atoms with Crippen molar-refractivity contribution in [3.8, 4) is 0 Å². The van der Waals surface area contributed by atoms with Crippen LogP contribution >= 0.6 is 11.8 Å². The molecule has 0 atom stereocenters. The number of amides is 1. The van der Waals surface area contributed by atoms with Gasteiger partial charge in [-0.05, 0) is 31.4 Å². The van der Waals surface area contributed by atoms with E-state index >= 15 is 0 Å². The lowest BCUT2D eigenvalue weighted by atomic mass is 10.1. The maximum atomic E-state index is 12.8. The highest BCUT2D eigenvalue weighted by Crippen LogP contribution is 2.20. The number of carbonyl (C=O) groups excluding carboxylic acids is 1. The van der Waals surface area contributed by atoms with E-state index in [0.29, 0.717) is 18.8 Å². The predicted octanol–water partition coefficient (Wildman–Crippen LogP) is 2.51. The number of nitrogens with zero attached hydrogens (tertiary/aromatic N) is 2. The molecule has 7 nitrogen and oxygen atoms in total. The molecular weight excluding hydrogens is 376 g/mol. The first-order valence-electron chi connectivity index (χ1n) is 9.45. The number of thioether (sulfide) groups is 1. The molecule has 0 bridgehead atoms. The Morgan fingerprint density at radius 2 is 1.96 bits per heavy atom. The van der Waals surface area contributed by atoms with Crippen LogP contribution in [0, 0.1) is 6.92 Å². The molecule has 0 fully saturated rings. The summed E-state index contributed by atoms with van der Waals surface area (Å²) in [4.78, 5) is 40.9. The van der Waals surface area contributed by atoms with Crippen LogP contribution in [0.5, 0.6) is 0 Å². The fourth-order valence-corrected chi connectivity index (χ4v) is 3.91. The van der Waals surface area contributed by atoms with Crippen LogP contribution in [0.3, 0.4) is 0 Å². The molecule has 8 heteroatoms. The number of nitrogens with one attached hydrogen (secondary N) is 1. The molecule has 1 heterocycles. The van der Waals surface area contributed by atoms with Crippen LogP contribution in [0.2, 0.25) is 0 Å². The Morgan fingerprint density at radius 3 is 2.61 bits per heavy atom. The summed E-state index contributed by atoms with van der Waals surface area (Å²) >= 11 is 1.49. The number of hydrogen-bond acceptors (Lipinski definition) is 5. The largest absolute Gasteiger partial charge is 0.383 e. The van der Waals surface area contributed by atoms with Crippen molar-refractivity contribution in [1.29, 1.82) is 0 Å². The lowest BCUT2D eigenvalue weighted by molar-refractivity contribution is -0.116. The Bertz CT molecular complexity index is 936. The van der Waals surface area contributed by atoms with E-state index in [4.69, 9.17) is 5.73 Å². The van der Waals surface area contributed by atoms with Gasteiger partial charge < -0.3 is 10.6 Å². The van der Waals surface area contributed by atoms with Gasteiger partial charge in [-0.1, -0.05) is 37.6 Å². The van der Waals surface area contributed by atoms with Gasteiger partial charge in [-0.2, -0.15) is 0 Å². The smallest absolute Gasteiger partial charge is 0.330 e. The summed E-state index contributed by atoms with van der Waals surface area (Å²) in [6, 6.07) is 8.03. The molecule has 2 aromatic rings. The third kappa shape index (κ3) is 5.07. The molecule has 0 saturated heterocycles. The number of unbranched alkanes of at least 4 members (excludes halogenated alkanes) is 1. The number of anilines is 2. The minimum Gasteiger partial charge on any atom is -0.383 e. The molecule has 0 spiro atoms. The van der Waals surface area contributed by atoms with Crippen LogP contribution in [0.4, 0.5) is 11.5 Å². The van der Waals surface area contributed by atoms with Gasteiger partial charge >= 0.3 is 5.69 Å². The van der Waals surface area contributed by atoms with Crippen LogP contribution in [0.15, 0.2) is 33.9 Å². The number of carbonyl (C=O) groups is 1. The standard InChI is InChI=1S/C20H28N4O3S/c1-4-6-11-24-18(21)17(19(26)22-20(24)27)23(5-2)16(25)13-28-12-15-10-8-7-9-14(15)3/h7-10H,4-6,11-13,21H2,1-3H3,(H,22,26,27). The predicted molar refractivity (Wildman–Crippen MR) is 116 cm³/mol. The quantitative estimate of drug-likeness (QED) is 0.669. The number of benzene rings is 1. The first-order valence-corrected chi connectivity index (χ1v) is 10.6. The lowest BCUT2D eigenvalue weighted by Crippen LogP contribution is -2.41. The van der Waals surface area contributed by atoms with Crippen molar-refractivity contribution in [3.63, 3.8) is 0 Å². The van der Waals surface area contributed by atoms with Gasteiger partial charge in [0.2, 0.25) is 5.91 Å². The van der Waals surface area contributed by atoms with Crippen LogP contribution in [0.25, 0.3) is 0 Å². The van der Waals surface area contributed by atoms with Crippen LogP contribution in [0.1, 0.15) is 37.8 Å². The zero-order chi connectivity index (χ0) is 20.7. The van der Waals surface area contributed by atoms with E-state index in [0.717, 1.165) is 12.8 Å². The molecule has 0 aliphatic carbocycles. The topological polar surface area (TPSA) is 101 Å². The summed E-state index contributed by atoms with van der Waals surface area (Å²) in [5.74, 6) is 0.757. The van der Waals surface area contributed by atoms with Crippen molar-refractivity contribution in [2.75, 3.05) is 22.9 Å². The number of nitrogens with two attached hydrogens (primary N) is 1. The van der Waals surface area contributed by atoms with E-state index in [2.05, 4.69) is 4.98 Å². The molecule has 0 aliphatic rings. The summed E-state index contributed by atoms with van der Waals surface area (Å²) in [6.07, 6.45) is 1.63. The molecule has 0 radical (unpaired) electrons.